The Morgan fingerprint density at radius 2 is 2.38 bits per heavy atom. The van der Waals surface area contributed by atoms with E-state index in [1.807, 2.05) is 6.07 Å². The minimum absolute atomic E-state index is 0.0184. The number of pyridine rings is 1. The zero-order valence-corrected chi connectivity index (χ0v) is 8.62. The van der Waals surface area contributed by atoms with Gasteiger partial charge in [-0.2, -0.15) is 0 Å². The van der Waals surface area contributed by atoms with Gasteiger partial charge in [0.15, 0.2) is 0 Å². The highest BCUT2D eigenvalue weighted by molar-refractivity contribution is 9.10. The first-order valence-electron chi connectivity index (χ1n) is 4.21. The van der Waals surface area contributed by atoms with E-state index < -0.39 is 0 Å². The first kappa shape index (κ1) is 8.97. The molecule has 1 fully saturated rings. The van der Waals surface area contributed by atoms with Crippen LogP contribution in [0.5, 0.6) is 5.75 Å². The molecule has 1 saturated carbocycles. The fourth-order valence-corrected chi connectivity index (χ4v) is 1.37. The average molecular weight is 244 g/mol. The number of ether oxygens (including phenoxy) is 1. The summed E-state index contributed by atoms with van der Waals surface area (Å²) < 4.78 is 6.21. The number of halogens is 1. The second-order valence-electron chi connectivity index (χ2n) is 3.10. The van der Waals surface area contributed by atoms with Crippen LogP contribution in [0.2, 0.25) is 0 Å². The lowest BCUT2D eigenvalue weighted by Crippen LogP contribution is -1.98. The predicted octanol–water partition coefficient (Wildman–Crippen LogP) is 1.88. The summed E-state index contributed by atoms with van der Waals surface area (Å²) in [6.45, 7) is -0.0184. The molecule has 1 heterocycles. The second kappa shape index (κ2) is 3.64. The molecule has 0 unspecified atom stereocenters. The number of hydrogen-bond donors (Lipinski definition) is 1. The van der Waals surface area contributed by atoms with Gasteiger partial charge in [-0.05, 0) is 34.8 Å². The van der Waals surface area contributed by atoms with Gasteiger partial charge < -0.3 is 9.84 Å². The minimum Gasteiger partial charge on any atom is -0.489 e. The molecule has 0 aromatic carbocycles. The molecule has 0 radical (unpaired) electrons. The second-order valence-corrected chi connectivity index (χ2v) is 3.85. The lowest BCUT2D eigenvalue weighted by molar-refractivity contribution is 0.275. The molecule has 2 rings (SSSR count). The molecule has 70 valence electrons. The third kappa shape index (κ3) is 2.19. The van der Waals surface area contributed by atoms with E-state index in [0.29, 0.717) is 10.7 Å². The standard InChI is InChI=1S/C9H10BrNO2/c10-9-6(5-12)3-8(4-11-9)13-7-1-2-7/h3-4,7,12H,1-2,5H2. The lowest BCUT2D eigenvalue weighted by Gasteiger charge is -2.05. The van der Waals surface area contributed by atoms with Crippen LogP contribution in [-0.2, 0) is 6.61 Å². The van der Waals surface area contributed by atoms with Gasteiger partial charge in [0, 0.05) is 5.56 Å². The van der Waals surface area contributed by atoms with Crippen molar-refractivity contribution in [1.29, 1.82) is 0 Å². The molecule has 3 nitrogen and oxygen atoms in total. The van der Waals surface area contributed by atoms with Crippen LogP contribution in [-0.4, -0.2) is 16.2 Å². The molecule has 0 amide bonds. The van der Waals surface area contributed by atoms with Crippen molar-refractivity contribution in [2.75, 3.05) is 0 Å². The van der Waals surface area contributed by atoms with Crippen LogP contribution in [0.1, 0.15) is 18.4 Å². The minimum atomic E-state index is -0.0184. The van der Waals surface area contributed by atoms with E-state index in [9.17, 15) is 0 Å². The van der Waals surface area contributed by atoms with Gasteiger partial charge in [-0.25, -0.2) is 4.98 Å². The number of aromatic nitrogens is 1. The summed E-state index contributed by atoms with van der Waals surface area (Å²) in [5.74, 6) is 0.745. The Morgan fingerprint density at radius 3 is 3.00 bits per heavy atom. The number of nitrogens with zero attached hydrogens (tertiary/aromatic N) is 1. The van der Waals surface area contributed by atoms with Crippen molar-refractivity contribution in [1.82, 2.24) is 4.98 Å². The van der Waals surface area contributed by atoms with E-state index in [-0.39, 0.29) is 6.61 Å². The number of aliphatic hydroxyl groups excluding tert-OH is 1. The molecule has 13 heavy (non-hydrogen) atoms. The quantitative estimate of drug-likeness (QED) is 0.825. The molecule has 0 spiro atoms. The van der Waals surface area contributed by atoms with Crippen molar-refractivity contribution >= 4 is 15.9 Å². The maximum absolute atomic E-state index is 8.97. The van der Waals surface area contributed by atoms with Crippen molar-refractivity contribution in [2.24, 2.45) is 0 Å². The number of aliphatic hydroxyl groups is 1. The van der Waals surface area contributed by atoms with Gasteiger partial charge in [-0.15, -0.1) is 0 Å². The highest BCUT2D eigenvalue weighted by atomic mass is 79.9. The largest absolute Gasteiger partial charge is 0.489 e. The fraction of sp³-hybridized carbons (Fsp3) is 0.444. The highest BCUT2D eigenvalue weighted by Crippen LogP contribution is 2.28. The van der Waals surface area contributed by atoms with Gasteiger partial charge in [0.05, 0.1) is 18.9 Å². The van der Waals surface area contributed by atoms with E-state index >= 15 is 0 Å². The van der Waals surface area contributed by atoms with Crippen molar-refractivity contribution in [3.8, 4) is 5.75 Å². The number of hydrogen-bond acceptors (Lipinski definition) is 3. The third-order valence-electron chi connectivity index (χ3n) is 1.88. The lowest BCUT2D eigenvalue weighted by atomic mass is 10.3. The van der Waals surface area contributed by atoms with Gasteiger partial charge >= 0.3 is 0 Å². The van der Waals surface area contributed by atoms with Crippen molar-refractivity contribution < 1.29 is 9.84 Å². The zero-order chi connectivity index (χ0) is 9.26. The summed E-state index contributed by atoms with van der Waals surface area (Å²) in [6, 6.07) is 1.81. The van der Waals surface area contributed by atoms with Crippen LogP contribution in [0.3, 0.4) is 0 Å². The third-order valence-corrected chi connectivity index (χ3v) is 2.60. The Kier molecular flexibility index (Phi) is 2.51. The Bertz CT molecular complexity index is 312. The van der Waals surface area contributed by atoms with Crippen LogP contribution in [0.4, 0.5) is 0 Å². The molecule has 0 bridgehead atoms. The summed E-state index contributed by atoms with van der Waals surface area (Å²) in [5.41, 5.74) is 0.762. The topological polar surface area (TPSA) is 42.4 Å². The summed E-state index contributed by atoms with van der Waals surface area (Å²) in [7, 11) is 0. The SMILES string of the molecule is OCc1cc(OC2CC2)cnc1Br. The van der Waals surface area contributed by atoms with E-state index in [1.54, 1.807) is 6.20 Å². The molecule has 1 N–H and O–H groups in total. The van der Waals surface area contributed by atoms with Gasteiger partial charge in [-0.1, -0.05) is 0 Å². The molecule has 0 atom stereocenters. The summed E-state index contributed by atoms with van der Waals surface area (Å²) in [4.78, 5) is 4.06. The Morgan fingerprint density at radius 1 is 1.62 bits per heavy atom. The molecule has 1 aliphatic carbocycles. The van der Waals surface area contributed by atoms with Crippen LogP contribution in [0.25, 0.3) is 0 Å². The van der Waals surface area contributed by atoms with E-state index in [4.69, 9.17) is 9.84 Å². The Balaban J connectivity index is 2.16. The summed E-state index contributed by atoms with van der Waals surface area (Å²) >= 11 is 3.25. The van der Waals surface area contributed by atoms with E-state index in [2.05, 4.69) is 20.9 Å². The number of rotatable bonds is 3. The first-order valence-corrected chi connectivity index (χ1v) is 5.01. The molecule has 0 saturated heterocycles. The monoisotopic (exact) mass is 243 g/mol. The fourth-order valence-electron chi connectivity index (χ4n) is 1.03. The normalized spacial score (nSPS) is 15.8. The van der Waals surface area contributed by atoms with Crippen molar-refractivity contribution in [3.05, 3.63) is 22.4 Å². The smallest absolute Gasteiger partial charge is 0.138 e. The van der Waals surface area contributed by atoms with Crippen LogP contribution < -0.4 is 4.74 Å². The Hall–Kier alpha value is -0.610. The maximum atomic E-state index is 8.97. The molecule has 0 aliphatic heterocycles. The first-order chi connectivity index (χ1) is 6.29. The zero-order valence-electron chi connectivity index (χ0n) is 7.03. The molecule has 1 aliphatic rings. The van der Waals surface area contributed by atoms with Crippen LogP contribution in [0.15, 0.2) is 16.9 Å². The Labute approximate surface area is 84.9 Å². The molecule has 4 heteroatoms. The van der Waals surface area contributed by atoms with Crippen LogP contribution in [0, 0.1) is 0 Å². The molecule has 1 aromatic heterocycles. The van der Waals surface area contributed by atoms with E-state index in [0.717, 1.165) is 24.2 Å². The van der Waals surface area contributed by atoms with Crippen molar-refractivity contribution in [2.45, 2.75) is 25.6 Å². The van der Waals surface area contributed by atoms with Gasteiger partial charge in [0.25, 0.3) is 0 Å². The molecular formula is C9H10BrNO2. The predicted molar refractivity (Wildman–Crippen MR) is 51.5 cm³/mol. The molecule has 1 aromatic rings. The van der Waals surface area contributed by atoms with Crippen molar-refractivity contribution in [3.63, 3.8) is 0 Å². The summed E-state index contributed by atoms with van der Waals surface area (Å²) in [5, 5.41) is 8.97. The highest BCUT2D eigenvalue weighted by Gasteiger charge is 2.23. The maximum Gasteiger partial charge on any atom is 0.138 e. The van der Waals surface area contributed by atoms with Crippen LogP contribution >= 0.6 is 15.9 Å². The van der Waals surface area contributed by atoms with Gasteiger partial charge in [-0.3, -0.25) is 0 Å². The average Bonchev–Trinajstić information content (AvgIpc) is 2.92. The van der Waals surface area contributed by atoms with Gasteiger partial charge in [0.2, 0.25) is 0 Å². The van der Waals surface area contributed by atoms with Gasteiger partial charge in [0.1, 0.15) is 10.4 Å². The summed E-state index contributed by atoms with van der Waals surface area (Å²) in [6.07, 6.45) is 4.30. The van der Waals surface area contributed by atoms with E-state index in [1.165, 1.54) is 0 Å². The molecular weight excluding hydrogens is 234 g/mol.